The van der Waals surface area contributed by atoms with E-state index in [9.17, 15) is 4.39 Å². The van der Waals surface area contributed by atoms with Crippen LogP contribution in [0.5, 0.6) is 5.75 Å². The summed E-state index contributed by atoms with van der Waals surface area (Å²) in [6, 6.07) is 13.5. The highest BCUT2D eigenvalue weighted by atomic mass is 19.1. The Morgan fingerprint density at radius 1 is 0.952 bits per heavy atom. The lowest BCUT2D eigenvalue weighted by Gasteiger charge is -2.17. The SMILES string of the molecule is COc1cc(NC(C)c2ccc(C(C)C)cc2)ccc1F. The Bertz CT molecular complexity index is 593. The maximum Gasteiger partial charge on any atom is 0.165 e. The normalized spacial score (nSPS) is 12.3. The minimum atomic E-state index is -0.350. The fourth-order valence-electron chi connectivity index (χ4n) is 2.25. The zero-order chi connectivity index (χ0) is 15.4. The van der Waals surface area contributed by atoms with Gasteiger partial charge in [0, 0.05) is 17.8 Å². The van der Waals surface area contributed by atoms with Crippen LogP contribution < -0.4 is 10.1 Å². The van der Waals surface area contributed by atoms with Gasteiger partial charge in [-0.3, -0.25) is 0 Å². The molecular weight excluding hydrogens is 265 g/mol. The topological polar surface area (TPSA) is 21.3 Å². The van der Waals surface area contributed by atoms with Crippen LogP contribution in [-0.4, -0.2) is 7.11 Å². The molecule has 1 unspecified atom stereocenters. The van der Waals surface area contributed by atoms with Crippen molar-refractivity contribution in [3.05, 3.63) is 59.4 Å². The maximum atomic E-state index is 13.4. The average molecular weight is 287 g/mol. The summed E-state index contributed by atoms with van der Waals surface area (Å²) in [5, 5.41) is 3.36. The molecule has 0 bridgehead atoms. The zero-order valence-electron chi connectivity index (χ0n) is 13.0. The number of benzene rings is 2. The molecule has 0 aliphatic heterocycles. The average Bonchev–Trinajstić information content (AvgIpc) is 2.49. The highest BCUT2D eigenvalue weighted by Gasteiger charge is 2.09. The first-order chi connectivity index (χ1) is 10.0. The number of halogens is 1. The first kappa shape index (κ1) is 15.4. The van der Waals surface area contributed by atoms with E-state index in [-0.39, 0.29) is 17.6 Å². The Labute approximate surface area is 126 Å². The van der Waals surface area contributed by atoms with Gasteiger partial charge in [0.2, 0.25) is 0 Å². The van der Waals surface area contributed by atoms with Gasteiger partial charge < -0.3 is 10.1 Å². The van der Waals surface area contributed by atoms with Crippen LogP contribution >= 0.6 is 0 Å². The molecule has 0 heterocycles. The fraction of sp³-hybridized carbons (Fsp3) is 0.333. The minimum Gasteiger partial charge on any atom is -0.494 e. The standard InChI is InChI=1S/C18H22FNO/c1-12(2)14-5-7-15(8-6-14)13(3)20-16-9-10-17(19)18(11-16)21-4/h5-13,20H,1-4H3. The number of anilines is 1. The second-order valence-electron chi connectivity index (χ2n) is 5.54. The van der Waals surface area contributed by atoms with Gasteiger partial charge in [0.1, 0.15) is 0 Å². The van der Waals surface area contributed by atoms with Crippen LogP contribution in [-0.2, 0) is 0 Å². The van der Waals surface area contributed by atoms with Crippen LogP contribution in [0.2, 0.25) is 0 Å². The van der Waals surface area contributed by atoms with Gasteiger partial charge in [0.15, 0.2) is 11.6 Å². The molecule has 1 atom stereocenters. The summed E-state index contributed by atoms with van der Waals surface area (Å²) < 4.78 is 18.4. The predicted octanol–water partition coefficient (Wildman–Crippen LogP) is 5.13. The van der Waals surface area contributed by atoms with Crippen molar-refractivity contribution < 1.29 is 9.13 Å². The molecule has 0 fully saturated rings. The molecule has 2 aromatic carbocycles. The van der Waals surface area contributed by atoms with Crippen molar-refractivity contribution in [2.75, 3.05) is 12.4 Å². The van der Waals surface area contributed by atoms with Crippen LogP contribution in [0.1, 0.15) is 43.9 Å². The van der Waals surface area contributed by atoms with E-state index in [0.29, 0.717) is 5.92 Å². The van der Waals surface area contributed by atoms with Gasteiger partial charge in [0.25, 0.3) is 0 Å². The Kier molecular flexibility index (Phi) is 4.84. The van der Waals surface area contributed by atoms with Gasteiger partial charge in [-0.15, -0.1) is 0 Å². The Morgan fingerprint density at radius 2 is 1.57 bits per heavy atom. The summed E-state index contributed by atoms with van der Waals surface area (Å²) in [6.45, 7) is 6.45. The molecule has 0 spiro atoms. The molecule has 0 aromatic heterocycles. The van der Waals surface area contributed by atoms with Gasteiger partial charge in [-0.25, -0.2) is 4.39 Å². The Balaban J connectivity index is 2.12. The molecule has 2 nitrogen and oxygen atoms in total. The van der Waals surface area contributed by atoms with Crippen LogP contribution in [0.25, 0.3) is 0 Å². The number of nitrogens with one attached hydrogen (secondary N) is 1. The lowest BCUT2D eigenvalue weighted by atomic mass is 9.99. The smallest absolute Gasteiger partial charge is 0.165 e. The number of ether oxygens (including phenoxy) is 1. The third-order valence-electron chi connectivity index (χ3n) is 3.64. The molecule has 0 radical (unpaired) electrons. The predicted molar refractivity (Wildman–Crippen MR) is 85.5 cm³/mol. The molecule has 0 saturated carbocycles. The van der Waals surface area contributed by atoms with Crippen LogP contribution in [0.4, 0.5) is 10.1 Å². The van der Waals surface area contributed by atoms with E-state index in [4.69, 9.17) is 4.74 Å². The lowest BCUT2D eigenvalue weighted by molar-refractivity contribution is 0.387. The van der Waals surface area contributed by atoms with Crippen molar-refractivity contribution in [1.29, 1.82) is 0 Å². The largest absolute Gasteiger partial charge is 0.494 e. The van der Waals surface area contributed by atoms with Crippen molar-refractivity contribution in [3.63, 3.8) is 0 Å². The quantitative estimate of drug-likeness (QED) is 0.823. The highest BCUT2D eigenvalue weighted by Crippen LogP contribution is 2.26. The van der Waals surface area contributed by atoms with Crippen molar-refractivity contribution in [1.82, 2.24) is 0 Å². The van der Waals surface area contributed by atoms with E-state index in [2.05, 4.69) is 50.4 Å². The summed E-state index contributed by atoms with van der Waals surface area (Å²) in [5.74, 6) is 0.433. The molecule has 1 N–H and O–H groups in total. The first-order valence-corrected chi connectivity index (χ1v) is 7.21. The molecule has 0 saturated heterocycles. The van der Waals surface area contributed by atoms with E-state index in [1.165, 1.54) is 24.3 Å². The second-order valence-corrected chi connectivity index (χ2v) is 5.54. The molecule has 2 aromatic rings. The van der Waals surface area contributed by atoms with Gasteiger partial charge in [-0.05, 0) is 36.1 Å². The molecule has 112 valence electrons. The second kappa shape index (κ2) is 6.61. The van der Waals surface area contributed by atoms with Crippen molar-refractivity contribution in [2.45, 2.75) is 32.7 Å². The van der Waals surface area contributed by atoms with Gasteiger partial charge in [-0.2, -0.15) is 0 Å². The number of hydrogen-bond acceptors (Lipinski definition) is 2. The summed E-state index contributed by atoms with van der Waals surface area (Å²) in [7, 11) is 1.47. The fourth-order valence-corrected chi connectivity index (χ4v) is 2.25. The molecule has 0 aliphatic carbocycles. The minimum absolute atomic E-state index is 0.140. The highest BCUT2D eigenvalue weighted by molar-refractivity contribution is 5.50. The van der Waals surface area contributed by atoms with E-state index in [1.54, 1.807) is 12.1 Å². The van der Waals surface area contributed by atoms with E-state index >= 15 is 0 Å². The van der Waals surface area contributed by atoms with Gasteiger partial charge in [-0.1, -0.05) is 38.1 Å². The van der Waals surface area contributed by atoms with E-state index in [0.717, 1.165) is 5.69 Å². The third kappa shape index (κ3) is 3.75. The van der Waals surface area contributed by atoms with E-state index < -0.39 is 0 Å². The molecule has 0 aliphatic rings. The summed E-state index contributed by atoms with van der Waals surface area (Å²) in [5.41, 5.74) is 3.37. The number of hydrogen-bond donors (Lipinski definition) is 1. The molecule has 3 heteroatoms. The van der Waals surface area contributed by atoms with Crippen LogP contribution in [0, 0.1) is 5.82 Å². The third-order valence-corrected chi connectivity index (χ3v) is 3.64. The Morgan fingerprint density at radius 3 is 2.14 bits per heavy atom. The number of methoxy groups -OCH3 is 1. The lowest BCUT2D eigenvalue weighted by Crippen LogP contribution is -2.07. The zero-order valence-corrected chi connectivity index (χ0v) is 13.0. The summed E-state index contributed by atoms with van der Waals surface area (Å²) in [4.78, 5) is 0. The monoisotopic (exact) mass is 287 g/mol. The van der Waals surface area contributed by atoms with Crippen LogP contribution in [0.3, 0.4) is 0 Å². The van der Waals surface area contributed by atoms with Crippen LogP contribution in [0.15, 0.2) is 42.5 Å². The Hall–Kier alpha value is -2.03. The summed E-state index contributed by atoms with van der Waals surface area (Å²) >= 11 is 0. The van der Waals surface area contributed by atoms with Crippen molar-refractivity contribution >= 4 is 5.69 Å². The number of rotatable bonds is 5. The molecule has 21 heavy (non-hydrogen) atoms. The van der Waals surface area contributed by atoms with E-state index in [1.807, 2.05) is 0 Å². The molecular formula is C18H22FNO. The maximum absolute atomic E-state index is 13.4. The van der Waals surface area contributed by atoms with Gasteiger partial charge >= 0.3 is 0 Å². The van der Waals surface area contributed by atoms with Gasteiger partial charge in [0.05, 0.1) is 7.11 Å². The first-order valence-electron chi connectivity index (χ1n) is 7.21. The summed E-state index contributed by atoms with van der Waals surface area (Å²) in [6.07, 6.45) is 0. The molecule has 2 rings (SSSR count). The molecule has 0 amide bonds. The van der Waals surface area contributed by atoms with Crippen molar-refractivity contribution in [2.24, 2.45) is 0 Å². The van der Waals surface area contributed by atoms with Crippen molar-refractivity contribution in [3.8, 4) is 5.75 Å².